The monoisotopic (exact) mass is 296 g/mol. The molecule has 2 heterocycles. The van der Waals surface area contributed by atoms with Crippen LogP contribution in [0.3, 0.4) is 0 Å². The van der Waals surface area contributed by atoms with Crippen LogP contribution >= 0.6 is 11.3 Å². The maximum Gasteiger partial charge on any atom is 0.294 e. The Morgan fingerprint density at radius 3 is 2.79 bits per heavy atom. The third kappa shape index (κ3) is 1.84. The predicted octanol–water partition coefficient (Wildman–Crippen LogP) is 1.46. The van der Waals surface area contributed by atoms with Gasteiger partial charge in [0, 0.05) is 11.1 Å². The first kappa shape index (κ1) is 12.3. The number of aromatic nitrogens is 2. The molecule has 8 heteroatoms. The number of benzene rings is 1. The van der Waals surface area contributed by atoms with Crippen molar-refractivity contribution in [2.75, 3.05) is 0 Å². The van der Waals surface area contributed by atoms with Gasteiger partial charge in [0.1, 0.15) is 0 Å². The summed E-state index contributed by atoms with van der Waals surface area (Å²) in [7, 11) is -4.33. The first-order valence-electron chi connectivity index (χ1n) is 5.26. The number of nitrogens with zero attached hydrogens (tertiary/aromatic N) is 2. The van der Waals surface area contributed by atoms with Crippen molar-refractivity contribution in [1.82, 2.24) is 9.38 Å². The van der Waals surface area contributed by atoms with Gasteiger partial charge in [-0.1, -0.05) is 0 Å². The molecule has 1 aromatic carbocycles. The molecule has 19 heavy (non-hydrogen) atoms. The lowest BCUT2D eigenvalue weighted by Crippen LogP contribution is -2.15. The summed E-state index contributed by atoms with van der Waals surface area (Å²) in [6.07, 6.45) is 0. The van der Waals surface area contributed by atoms with Crippen molar-refractivity contribution < 1.29 is 13.0 Å². The van der Waals surface area contributed by atoms with Crippen molar-refractivity contribution in [2.24, 2.45) is 0 Å². The molecule has 0 spiro atoms. The Morgan fingerprint density at radius 2 is 2.11 bits per heavy atom. The average Bonchev–Trinajstić information content (AvgIpc) is 2.70. The predicted molar refractivity (Wildman–Crippen MR) is 71.4 cm³/mol. The van der Waals surface area contributed by atoms with E-state index < -0.39 is 10.1 Å². The van der Waals surface area contributed by atoms with E-state index in [4.69, 9.17) is 4.55 Å². The summed E-state index contributed by atoms with van der Waals surface area (Å²) in [6.45, 7) is 1.77. The number of thiazole rings is 1. The lowest BCUT2D eigenvalue weighted by Gasteiger charge is -2.02. The van der Waals surface area contributed by atoms with Gasteiger partial charge in [-0.25, -0.2) is 4.98 Å². The van der Waals surface area contributed by atoms with Crippen molar-refractivity contribution in [3.05, 3.63) is 39.6 Å². The Labute approximate surface area is 111 Å². The van der Waals surface area contributed by atoms with Gasteiger partial charge in [-0.15, -0.1) is 11.3 Å². The molecule has 0 aliphatic carbocycles. The van der Waals surface area contributed by atoms with Gasteiger partial charge >= 0.3 is 0 Å². The fourth-order valence-electron chi connectivity index (χ4n) is 1.89. The molecule has 2 aromatic heterocycles. The van der Waals surface area contributed by atoms with Gasteiger partial charge in [-0.2, -0.15) is 8.42 Å². The highest BCUT2D eigenvalue weighted by atomic mass is 32.2. The summed E-state index contributed by atoms with van der Waals surface area (Å²) in [4.78, 5) is 16.8. The van der Waals surface area contributed by atoms with E-state index >= 15 is 0 Å². The molecule has 0 aliphatic rings. The minimum Gasteiger partial charge on any atom is -0.282 e. The SMILES string of the molecule is Cc1csc2nc3ccc(S(=O)(=O)O)cc3c(=O)n12. The number of aryl methyl sites for hydroxylation is 1. The normalized spacial score (nSPS) is 12.3. The molecule has 0 atom stereocenters. The zero-order valence-corrected chi connectivity index (χ0v) is 11.3. The Bertz CT molecular complexity index is 969. The van der Waals surface area contributed by atoms with Crippen LogP contribution in [0.15, 0.2) is 33.3 Å². The zero-order chi connectivity index (χ0) is 13.8. The Hall–Kier alpha value is -1.77. The van der Waals surface area contributed by atoms with Crippen LogP contribution in [-0.4, -0.2) is 22.4 Å². The van der Waals surface area contributed by atoms with Gasteiger partial charge in [0.25, 0.3) is 15.7 Å². The van der Waals surface area contributed by atoms with Crippen molar-refractivity contribution in [3.8, 4) is 0 Å². The second-order valence-electron chi connectivity index (χ2n) is 4.07. The van der Waals surface area contributed by atoms with Gasteiger partial charge in [-0.05, 0) is 25.1 Å². The topological polar surface area (TPSA) is 88.7 Å². The Kier molecular flexibility index (Phi) is 2.49. The van der Waals surface area contributed by atoms with E-state index in [9.17, 15) is 13.2 Å². The molecule has 1 N–H and O–H groups in total. The van der Waals surface area contributed by atoms with E-state index in [0.717, 1.165) is 11.8 Å². The third-order valence-corrected chi connectivity index (χ3v) is 4.59. The van der Waals surface area contributed by atoms with Crippen LogP contribution in [0.2, 0.25) is 0 Å². The van der Waals surface area contributed by atoms with Gasteiger partial charge in [0.2, 0.25) is 0 Å². The van der Waals surface area contributed by atoms with E-state index in [1.54, 1.807) is 12.3 Å². The lowest BCUT2D eigenvalue weighted by atomic mass is 10.2. The Morgan fingerprint density at radius 1 is 1.37 bits per heavy atom. The highest BCUT2D eigenvalue weighted by Crippen LogP contribution is 2.18. The molecule has 6 nitrogen and oxygen atoms in total. The molecular formula is C11H8N2O4S2. The largest absolute Gasteiger partial charge is 0.294 e. The molecule has 3 rings (SSSR count). The second kappa shape index (κ2) is 3.86. The summed E-state index contributed by atoms with van der Waals surface area (Å²) < 4.78 is 32.6. The summed E-state index contributed by atoms with van der Waals surface area (Å²) >= 11 is 1.34. The molecule has 0 fully saturated rings. The molecule has 0 bridgehead atoms. The van der Waals surface area contributed by atoms with Crippen molar-refractivity contribution in [2.45, 2.75) is 11.8 Å². The molecule has 0 amide bonds. The van der Waals surface area contributed by atoms with Crippen molar-refractivity contribution >= 4 is 37.3 Å². The van der Waals surface area contributed by atoms with Gasteiger partial charge in [0.05, 0.1) is 15.8 Å². The van der Waals surface area contributed by atoms with E-state index in [1.165, 1.54) is 27.9 Å². The van der Waals surface area contributed by atoms with Crippen LogP contribution in [0.25, 0.3) is 15.9 Å². The molecule has 0 radical (unpaired) electrons. The van der Waals surface area contributed by atoms with Crippen molar-refractivity contribution in [1.29, 1.82) is 0 Å². The van der Waals surface area contributed by atoms with E-state index in [-0.39, 0.29) is 15.8 Å². The van der Waals surface area contributed by atoms with Crippen LogP contribution in [0, 0.1) is 6.92 Å². The minimum absolute atomic E-state index is 0.161. The molecule has 0 aliphatic heterocycles. The second-order valence-corrected chi connectivity index (χ2v) is 6.32. The van der Waals surface area contributed by atoms with Gasteiger partial charge < -0.3 is 0 Å². The fourth-order valence-corrected chi connectivity index (χ4v) is 3.26. The first-order valence-corrected chi connectivity index (χ1v) is 7.58. The molecule has 3 aromatic rings. The minimum atomic E-state index is -4.33. The summed E-state index contributed by atoms with van der Waals surface area (Å²) in [6, 6.07) is 3.78. The van der Waals surface area contributed by atoms with E-state index in [0.29, 0.717) is 10.5 Å². The lowest BCUT2D eigenvalue weighted by molar-refractivity contribution is 0.483. The first-order chi connectivity index (χ1) is 8.88. The van der Waals surface area contributed by atoms with E-state index in [2.05, 4.69) is 4.98 Å². The van der Waals surface area contributed by atoms with Crippen LogP contribution in [0.5, 0.6) is 0 Å². The summed E-state index contributed by atoms with van der Waals surface area (Å²) in [5.41, 5.74) is 0.792. The zero-order valence-electron chi connectivity index (χ0n) is 9.69. The Balaban J connectivity index is 2.52. The highest BCUT2D eigenvalue weighted by molar-refractivity contribution is 7.85. The number of rotatable bonds is 1. The quantitative estimate of drug-likeness (QED) is 0.687. The molecule has 0 saturated carbocycles. The maximum absolute atomic E-state index is 12.3. The van der Waals surface area contributed by atoms with Crippen LogP contribution in [-0.2, 0) is 10.1 Å². The fraction of sp³-hybridized carbons (Fsp3) is 0.0909. The molecule has 98 valence electrons. The summed E-state index contributed by atoms with van der Waals surface area (Å²) in [5, 5.41) is 1.96. The van der Waals surface area contributed by atoms with Gasteiger partial charge in [0.15, 0.2) is 4.96 Å². The van der Waals surface area contributed by atoms with Crippen LogP contribution in [0.1, 0.15) is 5.69 Å². The molecular weight excluding hydrogens is 288 g/mol. The van der Waals surface area contributed by atoms with Gasteiger partial charge in [-0.3, -0.25) is 13.7 Å². The van der Waals surface area contributed by atoms with Crippen LogP contribution < -0.4 is 5.56 Å². The maximum atomic E-state index is 12.3. The van der Waals surface area contributed by atoms with Crippen LogP contribution in [0.4, 0.5) is 0 Å². The molecule has 0 unspecified atom stereocenters. The average molecular weight is 296 g/mol. The smallest absolute Gasteiger partial charge is 0.282 e. The van der Waals surface area contributed by atoms with E-state index in [1.807, 2.05) is 0 Å². The standard InChI is InChI=1S/C11H8N2O4S2/c1-6-5-18-11-12-9-3-2-7(19(15,16)17)4-8(9)10(14)13(6)11/h2-5H,1H3,(H,15,16,17). The highest BCUT2D eigenvalue weighted by Gasteiger charge is 2.14. The number of hydrogen-bond acceptors (Lipinski definition) is 5. The molecule has 0 saturated heterocycles. The van der Waals surface area contributed by atoms with Crippen molar-refractivity contribution in [3.63, 3.8) is 0 Å². The number of hydrogen-bond donors (Lipinski definition) is 1. The number of fused-ring (bicyclic) bond motifs is 2. The summed E-state index contributed by atoms with van der Waals surface area (Å²) in [5.74, 6) is 0. The third-order valence-electron chi connectivity index (χ3n) is 2.79.